The zero-order valence-corrected chi connectivity index (χ0v) is 11.8. The van der Waals surface area contributed by atoms with Crippen LogP contribution in [0.15, 0.2) is 6.07 Å². The molecule has 1 unspecified atom stereocenters. The first-order valence-electron chi connectivity index (χ1n) is 6.77. The molecule has 1 saturated heterocycles. The van der Waals surface area contributed by atoms with Gasteiger partial charge in [0.1, 0.15) is 11.6 Å². The molecule has 1 aliphatic heterocycles. The van der Waals surface area contributed by atoms with Gasteiger partial charge in [0, 0.05) is 24.8 Å². The Labute approximate surface area is 113 Å². The highest BCUT2D eigenvalue weighted by molar-refractivity contribution is 5.76. The predicted octanol–water partition coefficient (Wildman–Crippen LogP) is 2.17. The number of aliphatic carboxylic acids is 1. The number of hydrogen-bond acceptors (Lipinski definition) is 4. The molecule has 1 aliphatic rings. The Morgan fingerprint density at radius 1 is 1.47 bits per heavy atom. The number of rotatable bonds is 3. The van der Waals surface area contributed by atoms with Crippen LogP contribution < -0.4 is 4.90 Å². The van der Waals surface area contributed by atoms with E-state index in [0.717, 1.165) is 36.7 Å². The van der Waals surface area contributed by atoms with E-state index in [2.05, 4.69) is 14.9 Å². The van der Waals surface area contributed by atoms with E-state index in [1.165, 1.54) is 0 Å². The number of nitrogens with zero attached hydrogens (tertiary/aromatic N) is 3. The van der Waals surface area contributed by atoms with Crippen molar-refractivity contribution in [3.63, 3.8) is 0 Å². The van der Waals surface area contributed by atoms with Crippen LogP contribution in [0.25, 0.3) is 0 Å². The lowest BCUT2D eigenvalue weighted by molar-refractivity contribution is -0.149. The molecule has 5 nitrogen and oxygen atoms in total. The number of carbonyl (C=O) groups is 1. The Balaban J connectivity index is 2.28. The molecule has 1 aromatic rings. The molecule has 0 bridgehead atoms. The number of carboxylic acids is 1. The standard InChI is InChI=1S/C14H21N3O2/c1-4-14(13(18)19)6-5-7-17(9-14)12-8-10(2)15-11(3)16-12/h8H,4-7,9H2,1-3H3,(H,18,19). The average molecular weight is 263 g/mol. The molecular weight excluding hydrogens is 242 g/mol. The fraction of sp³-hybridized carbons (Fsp3) is 0.643. The van der Waals surface area contributed by atoms with E-state index in [-0.39, 0.29) is 0 Å². The van der Waals surface area contributed by atoms with Crippen LogP contribution in [-0.2, 0) is 4.79 Å². The van der Waals surface area contributed by atoms with Crippen molar-refractivity contribution in [1.82, 2.24) is 9.97 Å². The van der Waals surface area contributed by atoms with Crippen LogP contribution in [0.5, 0.6) is 0 Å². The smallest absolute Gasteiger partial charge is 0.311 e. The monoisotopic (exact) mass is 263 g/mol. The van der Waals surface area contributed by atoms with Gasteiger partial charge in [-0.05, 0) is 33.1 Å². The van der Waals surface area contributed by atoms with Crippen molar-refractivity contribution in [2.45, 2.75) is 40.0 Å². The van der Waals surface area contributed by atoms with Gasteiger partial charge in [-0.15, -0.1) is 0 Å². The van der Waals surface area contributed by atoms with Gasteiger partial charge in [0.25, 0.3) is 0 Å². The fourth-order valence-corrected chi connectivity index (χ4v) is 2.80. The van der Waals surface area contributed by atoms with Crippen molar-refractivity contribution in [1.29, 1.82) is 0 Å². The number of aromatic nitrogens is 2. The zero-order valence-electron chi connectivity index (χ0n) is 11.8. The van der Waals surface area contributed by atoms with Crippen LogP contribution >= 0.6 is 0 Å². The summed E-state index contributed by atoms with van der Waals surface area (Å²) in [6, 6.07) is 1.93. The third-order valence-corrected chi connectivity index (χ3v) is 3.98. The van der Waals surface area contributed by atoms with Gasteiger partial charge in [-0.3, -0.25) is 4.79 Å². The highest BCUT2D eigenvalue weighted by Crippen LogP contribution is 2.35. The Bertz CT molecular complexity index is 469. The average Bonchev–Trinajstić information content (AvgIpc) is 2.37. The zero-order chi connectivity index (χ0) is 14.0. The minimum Gasteiger partial charge on any atom is -0.481 e. The number of aryl methyl sites for hydroxylation is 2. The predicted molar refractivity (Wildman–Crippen MR) is 73.3 cm³/mol. The van der Waals surface area contributed by atoms with Gasteiger partial charge in [0.2, 0.25) is 0 Å². The van der Waals surface area contributed by atoms with Gasteiger partial charge in [0.15, 0.2) is 0 Å². The van der Waals surface area contributed by atoms with Crippen LogP contribution in [0.4, 0.5) is 5.82 Å². The molecule has 1 N–H and O–H groups in total. The van der Waals surface area contributed by atoms with Crippen molar-refractivity contribution < 1.29 is 9.90 Å². The summed E-state index contributed by atoms with van der Waals surface area (Å²) < 4.78 is 0. The topological polar surface area (TPSA) is 66.3 Å². The molecular formula is C14H21N3O2. The fourth-order valence-electron chi connectivity index (χ4n) is 2.80. The normalized spacial score (nSPS) is 23.4. The first-order valence-corrected chi connectivity index (χ1v) is 6.77. The third-order valence-electron chi connectivity index (χ3n) is 3.98. The largest absolute Gasteiger partial charge is 0.481 e. The van der Waals surface area contributed by atoms with Crippen molar-refractivity contribution in [2.75, 3.05) is 18.0 Å². The maximum absolute atomic E-state index is 11.6. The van der Waals surface area contributed by atoms with Crippen LogP contribution in [0.2, 0.25) is 0 Å². The van der Waals surface area contributed by atoms with Crippen molar-refractivity contribution >= 4 is 11.8 Å². The Morgan fingerprint density at radius 3 is 2.79 bits per heavy atom. The molecule has 0 amide bonds. The van der Waals surface area contributed by atoms with E-state index < -0.39 is 11.4 Å². The Hall–Kier alpha value is -1.65. The molecule has 19 heavy (non-hydrogen) atoms. The minimum absolute atomic E-state index is 0.536. The first-order chi connectivity index (χ1) is 8.97. The van der Waals surface area contributed by atoms with Crippen molar-refractivity contribution in [3.8, 4) is 0 Å². The third kappa shape index (κ3) is 2.69. The highest BCUT2D eigenvalue weighted by atomic mass is 16.4. The highest BCUT2D eigenvalue weighted by Gasteiger charge is 2.41. The molecule has 0 aromatic carbocycles. The van der Waals surface area contributed by atoms with Gasteiger partial charge in [-0.2, -0.15) is 0 Å². The molecule has 2 heterocycles. The van der Waals surface area contributed by atoms with Crippen LogP contribution in [0, 0.1) is 19.3 Å². The minimum atomic E-state index is -0.692. The molecule has 1 atom stereocenters. The van der Waals surface area contributed by atoms with E-state index in [1.807, 2.05) is 26.8 Å². The molecule has 0 spiro atoms. The van der Waals surface area contributed by atoms with E-state index in [0.29, 0.717) is 13.0 Å². The lowest BCUT2D eigenvalue weighted by Crippen LogP contribution is -2.48. The number of hydrogen-bond donors (Lipinski definition) is 1. The van der Waals surface area contributed by atoms with E-state index >= 15 is 0 Å². The molecule has 0 saturated carbocycles. The van der Waals surface area contributed by atoms with Gasteiger partial charge in [-0.1, -0.05) is 6.92 Å². The van der Waals surface area contributed by atoms with Crippen LogP contribution in [0.1, 0.15) is 37.7 Å². The summed E-state index contributed by atoms with van der Waals surface area (Å²) in [5, 5.41) is 9.50. The lowest BCUT2D eigenvalue weighted by atomic mass is 9.77. The van der Waals surface area contributed by atoms with Gasteiger partial charge >= 0.3 is 5.97 Å². The molecule has 1 aromatic heterocycles. The number of anilines is 1. The summed E-state index contributed by atoms with van der Waals surface area (Å²) in [7, 11) is 0. The van der Waals surface area contributed by atoms with E-state index in [1.54, 1.807) is 0 Å². The lowest BCUT2D eigenvalue weighted by Gasteiger charge is -2.40. The summed E-state index contributed by atoms with van der Waals surface area (Å²) in [6.45, 7) is 7.16. The summed E-state index contributed by atoms with van der Waals surface area (Å²) >= 11 is 0. The van der Waals surface area contributed by atoms with E-state index in [4.69, 9.17) is 0 Å². The second kappa shape index (κ2) is 5.15. The summed E-state index contributed by atoms with van der Waals surface area (Å²) in [6.07, 6.45) is 2.29. The number of piperidine rings is 1. The Kier molecular flexibility index (Phi) is 3.73. The molecule has 104 valence electrons. The molecule has 0 radical (unpaired) electrons. The molecule has 2 rings (SSSR count). The maximum Gasteiger partial charge on any atom is 0.311 e. The molecule has 5 heteroatoms. The maximum atomic E-state index is 11.6. The summed E-state index contributed by atoms with van der Waals surface area (Å²) in [5.74, 6) is 0.893. The van der Waals surface area contributed by atoms with Crippen molar-refractivity contribution in [2.24, 2.45) is 5.41 Å². The van der Waals surface area contributed by atoms with Gasteiger partial charge < -0.3 is 10.0 Å². The second-order valence-electron chi connectivity index (χ2n) is 5.38. The van der Waals surface area contributed by atoms with Crippen LogP contribution in [0.3, 0.4) is 0 Å². The number of carboxylic acid groups (broad SMARTS) is 1. The SMILES string of the molecule is CCC1(C(=O)O)CCCN(c2cc(C)nc(C)n2)C1. The second-order valence-corrected chi connectivity index (χ2v) is 5.38. The summed E-state index contributed by atoms with van der Waals surface area (Å²) in [5.41, 5.74) is 0.288. The summed E-state index contributed by atoms with van der Waals surface area (Å²) in [4.78, 5) is 22.4. The van der Waals surface area contributed by atoms with Gasteiger partial charge in [0.05, 0.1) is 5.41 Å². The van der Waals surface area contributed by atoms with Crippen LogP contribution in [-0.4, -0.2) is 34.1 Å². The Morgan fingerprint density at radius 2 is 2.21 bits per heavy atom. The first kappa shape index (κ1) is 13.8. The quantitative estimate of drug-likeness (QED) is 0.905. The van der Waals surface area contributed by atoms with Gasteiger partial charge in [-0.25, -0.2) is 9.97 Å². The molecule has 1 fully saturated rings. The molecule has 0 aliphatic carbocycles. The van der Waals surface area contributed by atoms with Crippen molar-refractivity contribution in [3.05, 3.63) is 17.6 Å². The van der Waals surface area contributed by atoms with E-state index in [9.17, 15) is 9.90 Å².